The Morgan fingerprint density at radius 3 is 2.83 bits per heavy atom. The lowest BCUT2D eigenvalue weighted by molar-refractivity contribution is -0.896. The van der Waals surface area contributed by atoms with E-state index < -0.39 is 0 Å². The summed E-state index contributed by atoms with van der Waals surface area (Å²) >= 11 is 0. The van der Waals surface area contributed by atoms with Gasteiger partial charge in [-0.3, -0.25) is 0 Å². The SMILES string of the molecule is CC[C@H](COC)N[N+]12C=C3OC(C)C(c4ccc(OC)cc4C)C3=NC1=CC=N2. The summed E-state index contributed by atoms with van der Waals surface area (Å²) in [7, 11) is 3.40. The molecule has 1 aromatic rings. The molecular weight excluding hydrogens is 368 g/mol. The number of rotatable bonds is 7. The number of fused-ring (bicyclic) bond motifs is 2. The molecule has 3 aliphatic heterocycles. The van der Waals surface area contributed by atoms with Crippen molar-refractivity contribution in [1.82, 2.24) is 5.43 Å². The monoisotopic (exact) mass is 397 g/mol. The van der Waals surface area contributed by atoms with E-state index in [9.17, 15) is 0 Å². The molecule has 0 bridgehead atoms. The van der Waals surface area contributed by atoms with Gasteiger partial charge in [-0.15, -0.1) is 5.43 Å². The maximum Gasteiger partial charge on any atom is 0.281 e. The van der Waals surface area contributed by atoms with Crippen molar-refractivity contribution in [3.63, 3.8) is 0 Å². The first-order chi connectivity index (χ1) is 14.0. The van der Waals surface area contributed by atoms with Crippen LogP contribution in [0.2, 0.25) is 0 Å². The van der Waals surface area contributed by atoms with Gasteiger partial charge in [0.2, 0.25) is 0 Å². The van der Waals surface area contributed by atoms with Crippen LogP contribution < -0.4 is 10.2 Å². The molecular formula is C22H29N4O3+. The number of nitrogens with one attached hydrogen (secondary N) is 1. The Morgan fingerprint density at radius 2 is 2.14 bits per heavy atom. The van der Waals surface area contributed by atoms with Gasteiger partial charge in [0.25, 0.3) is 5.82 Å². The molecule has 3 unspecified atom stereocenters. The largest absolute Gasteiger partial charge is 0.497 e. The maximum absolute atomic E-state index is 6.26. The molecule has 0 aliphatic carbocycles. The van der Waals surface area contributed by atoms with Gasteiger partial charge in [-0.25, -0.2) is 0 Å². The molecule has 1 fully saturated rings. The number of methoxy groups -OCH3 is 2. The molecule has 0 saturated carbocycles. The molecule has 0 spiro atoms. The summed E-state index contributed by atoms with van der Waals surface area (Å²) in [6.45, 7) is 6.92. The Balaban J connectivity index is 1.69. The minimum absolute atomic E-state index is 0.0160. The number of hydrogen-bond donors (Lipinski definition) is 1. The van der Waals surface area contributed by atoms with Crippen molar-refractivity contribution in [2.75, 3.05) is 20.8 Å². The van der Waals surface area contributed by atoms with Crippen molar-refractivity contribution < 1.29 is 18.9 Å². The number of nitrogens with zero attached hydrogens (tertiary/aromatic N) is 3. The van der Waals surface area contributed by atoms with E-state index in [4.69, 9.17) is 19.2 Å². The van der Waals surface area contributed by atoms with E-state index in [0.717, 1.165) is 29.5 Å². The number of aryl methyl sites for hydroxylation is 1. The van der Waals surface area contributed by atoms with Crippen molar-refractivity contribution in [1.29, 1.82) is 0 Å². The van der Waals surface area contributed by atoms with Crippen molar-refractivity contribution in [2.45, 2.75) is 45.3 Å². The highest BCUT2D eigenvalue weighted by Gasteiger charge is 2.49. The van der Waals surface area contributed by atoms with Crippen LogP contribution >= 0.6 is 0 Å². The lowest BCUT2D eigenvalue weighted by atomic mass is 9.87. The van der Waals surface area contributed by atoms with Crippen LogP contribution in [0, 0.1) is 6.92 Å². The van der Waals surface area contributed by atoms with Gasteiger partial charge in [0.1, 0.15) is 17.6 Å². The standard InChI is InChI=1S/C22H29N4O3/c1-6-16(13-27-4)25-26-12-19-22(24-20(26)9-10-23-26)21(15(3)29-19)18-8-7-17(28-5)11-14(18)2/h7-12,15-16,21,25H,6,13H2,1-5H3/q+1/t15?,16-,21?,26?/m1/s1. The number of hydrogen-bond acceptors (Lipinski definition) is 6. The third-order valence-electron chi connectivity index (χ3n) is 5.74. The van der Waals surface area contributed by atoms with E-state index >= 15 is 0 Å². The minimum Gasteiger partial charge on any atom is -0.497 e. The quantitative estimate of drug-likeness (QED) is 0.717. The van der Waals surface area contributed by atoms with Gasteiger partial charge in [-0.1, -0.05) is 18.1 Å². The molecule has 3 aliphatic rings. The second kappa shape index (κ2) is 7.74. The van der Waals surface area contributed by atoms with E-state index in [0.29, 0.717) is 6.61 Å². The third kappa shape index (κ3) is 3.39. The molecule has 4 rings (SSSR count). The molecule has 1 aromatic carbocycles. The molecule has 4 atom stereocenters. The van der Waals surface area contributed by atoms with E-state index in [-0.39, 0.29) is 22.8 Å². The molecule has 0 radical (unpaired) electrons. The van der Waals surface area contributed by atoms with Gasteiger partial charge in [-0.2, -0.15) is 4.99 Å². The number of benzene rings is 1. The molecule has 0 amide bonds. The van der Waals surface area contributed by atoms with Crippen LogP contribution in [-0.2, 0) is 9.47 Å². The first-order valence-corrected chi connectivity index (χ1v) is 10.1. The van der Waals surface area contributed by atoms with Crippen LogP contribution in [0.4, 0.5) is 0 Å². The summed E-state index contributed by atoms with van der Waals surface area (Å²) in [5.74, 6) is 2.55. The van der Waals surface area contributed by atoms with Crippen molar-refractivity contribution in [3.8, 4) is 5.75 Å². The van der Waals surface area contributed by atoms with Crippen LogP contribution in [0.1, 0.15) is 37.3 Å². The summed E-state index contributed by atoms with van der Waals surface area (Å²) in [5.41, 5.74) is 6.89. The molecule has 29 heavy (non-hydrogen) atoms. The molecule has 154 valence electrons. The predicted octanol–water partition coefficient (Wildman–Crippen LogP) is 3.39. The van der Waals surface area contributed by atoms with Crippen molar-refractivity contribution in [3.05, 3.63) is 53.2 Å². The fraction of sp³-hybridized carbons (Fsp3) is 0.455. The maximum atomic E-state index is 6.26. The molecule has 7 nitrogen and oxygen atoms in total. The second-order valence-corrected chi connectivity index (χ2v) is 7.68. The topological polar surface area (TPSA) is 64.4 Å². The first-order valence-electron chi connectivity index (χ1n) is 10.1. The molecule has 0 aromatic heterocycles. The zero-order valence-corrected chi connectivity index (χ0v) is 17.7. The normalized spacial score (nSPS) is 28.1. The zero-order chi connectivity index (χ0) is 20.6. The van der Waals surface area contributed by atoms with Crippen LogP contribution in [0.25, 0.3) is 0 Å². The number of aliphatic imine (C=N–C) groups is 1. The van der Waals surface area contributed by atoms with E-state index in [1.54, 1.807) is 20.4 Å². The molecule has 1 N–H and O–H groups in total. The third-order valence-corrected chi connectivity index (χ3v) is 5.74. The Bertz CT molecular complexity index is 921. The average molecular weight is 397 g/mol. The van der Waals surface area contributed by atoms with Gasteiger partial charge >= 0.3 is 0 Å². The smallest absolute Gasteiger partial charge is 0.281 e. The summed E-state index contributed by atoms with van der Waals surface area (Å²) in [6.07, 6.45) is 6.67. The Hall–Kier alpha value is -2.48. The van der Waals surface area contributed by atoms with Crippen LogP contribution in [0.15, 0.2) is 52.1 Å². The van der Waals surface area contributed by atoms with E-state index in [2.05, 4.69) is 43.4 Å². The van der Waals surface area contributed by atoms with Crippen molar-refractivity contribution in [2.24, 2.45) is 10.1 Å². The Kier molecular flexibility index (Phi) is 5.29. The highest BCUT2D eigenvalue weighted by atomic mass is 16.5. The Morgan fingerprint density at radius 1 is 1.31 bits per heavy atom. The first kappa shape index (κ1) is 19.8. The molecule has 3 heterocycles. The lowest BCUT2D eigenvalue weighted by Gasteiger charge is -2.31. The summed E-state index contributed by atoms with van der Waals surface area (Å²) in [4.78, 5) is 5.01. The van der Waals surface area contributed by atoms with E-state index in [1.165, 1.54) is 11.1 Å². The lowest BCUT2D eigenvalue weighted by Crippen LogP contribution is -2.54. The summed E-state index contributed by atoms with van der Waals surface area (Å²) in [5, 5.41) is 4.66. The minimum atomic E-state index is -0.0160. The number of ether oxygens (including phenoxy) is 3. The highest BCUT2D eigenvalue weighted by Crippen LogP contribution is 2.42. The predicted molar refractivity (Wildman–Crippen MR) is 112 cm³/mol. The van der Waals surface area contributed by atoms with Gasteiger partial charge in [0, 0.05) is 13.2 Å². The second-order valence-electron chi connectivity index (χ2n) is 7.68. The fourth-order valence-electron chi connectivity index (χ4n) is 4.20. The summed E-state index contributed by atoms with van der Waals surface area (Å²) in [6, 6.07) is 6.32. The highest BCUT2D eigenvalue weighted by molar-refractivity contribution is 6.06. The van der Waals surface area contributed by atoms with Gasteiger partial charge in [-0.05, 0) is 48.2 Å². The summed E-state index contributed by atoms with van der Waals surface area (Å²) < 4.78 is 17.1. The van der Waals surface area contributed by atoms with Gasteiger partial charge in [0.15, 0.2) is 12.0 Å². The fourth-order valence-corrected chi connectivity index (χ4v) is 4.20. The van der Waals surface area contributed by atoms with Crippen LogP contribution in [0.5, 0.6) is 5.75 Å². The van der Waals surface area contributed by atoms with Crippen molar-refractivity contribution >= 4 is 11.9 Å². The number of allylic oxidation sites excluding steroid dienone is 2. The van der Waals surface area contributed by atoms with Gasteiger partial charge < -0.3 is 14.2 Å². The van der Waals surface area contributed by atoms with E-state index in [1.807, 2.05) is 18.3 Å². The molecule has 7 heteroatoms. The van der Waals surface area contributed by atoms with Gasteiger partial charge in [0.05, 0.1) is 31.9 Å². The average Bonchev–Trinajstić information content (AvgIpc) is 3.24. The molecule has 1 saturated heterocycles. The van der Waals surface area contributed by atoms with Crippen LogP contribution in [-0.4, -0.2) is 49.6 Å². The van der Waals surface area contributed by atoms with Crippen LogP contribution in [0.3, 0.4) is 0 Å². The Labute approximate surface area is 171 Å². The zero-order valence-electron chi connectivity index (χ0n) is 17.7. The number of quaternary nitrogens is 1.